The minimum absolute atomic E-state index is 0.0570. The van der Waals surface area contributed by atoms with Gasteiger partial charge in [-0.2, -0.15) is 0 Å². The van der Waals surface area contributed by atoms with Gasteiger partial charge in [0, 0.05) is 22.0 Å². The summed E-state index contributed by atoms with van der Waals surface area (Å²) in [5.41, 5.74) is 9.51. The second kappa shape index (κ2) is 8.12. The van der Waals surface area contributed by atoms with Crippen molar-refractivity contribution < 1.29 is 4.42 Å². The third kappa shape index (κ3) is 3.97. The first-order valence-electron chi connectivity index (χ1n) is 13.2. The Labute approximate surface area is 213 Å². The van der Waals surface area contributed by atoms with E-state index >= 15 is 0 Å². The topological polar surface area (TPSA) is 51.8 Å². The molecule has 4 nitrogen and oxygen atoms in total. The number of aromatic nitrogens is 3. The lowest BCUT2D eigenvalue weighted by molar-refractivity contribution is 0.224. The molecule has 1 aliphatic carbocycles. The van der Waals surface area contributed by atoms with Gasteiger partial charge in [-0.25, -0.2) is 9.97 Å². The van der Waals surface area contributed by atoms with Crippen LogP contribution in [0, 0.1) is 12.3 Å². The van der Waals surface area contributed by atoms with Crippen molar-refractivity contribution >= 4 is 33.0 Å². The first-order valence-corrected chi connectivity index (χ1v) is 13.2. The van der Waals surface area contributed by atoms with Crippen LogP contribution < -0.4 is 0 Å². The summed E-state index contributed by atoms with van der Waals surface area (Å²) < 4.78 is 6.53. The van der Waals surface area contributed by atoms with Crippen LogP contribution in [-0.4, -0.2) is 15.0 Å². The molecule has 1 aliphatic rings. The predicted octanol–water partition coefficient (Wildman–Crippen LogP) is 8.88. The molecule has 0 amide bonds. The highest BCUT2D eigenvalue weighted by molar-refractivity contribution is 6.07. The molecule has 5 aromatic rings. The maximum Gasteiger partial charge on any atom is 0.180 e. The number of hydrogen-bond acceptors (Lipinski definition) is 4. The summed E-state index contributed by atoms with van der Waals surface area (Å²) in [5.74, 6) is 0.604. The Morgan fingerprint density at radius 1 is 0.917 bits per heavy atom. The van der Waals surface area contributed by atoms with Crippen molar-refractivity contribution in [2.45, 2.75) is 78.6 Å². The van der Waals surface area contributed by atoms with Crippen LogP contribution in [0.3, 0.4) is 0 Å². The van der Waals surface area contributed by atoms with Gasteiger partial charge in [0.2, 0.25) is 0 Å². The average molecular weight is 478 g/mol. The molecule has 1 saturated carbocycles. The van der Waals surface area contributed by atoms with E-state index in [9.17, 15) is 0 Å². The van der Waals surface area contributed by atoms with Gasteiger partial charge < -0.3 is 4.42 Å². The van der Waals surface area contributed by atoms with Gasteiger partial charge in [0.15, 0.2) is 5.58 Å². The van der Waals surface area contributed by atoms with E-state index < -0.39 is 0 Å². The van der Waals surface area contributed by atoms with E-state index in [0.29, 0.717) is 11.3 Å². The second-order valence-electron chi connectivity index (χ2n) is 12.5. The van der Waals surface area contributed by atoms with Gasteiger partial charge in [-0.3, -0.25) is 4.98 Å². The third-order valence-electron chi connectivity index (χ3n) is 8.10. The fraction of sp³-hybridized carbons (Fsp3) is 0.406. The largest absolute Gasteiger partial charge is 0.452 e. The quantitative estimate of drug-likeness (QED) is 0.255. The van der Waals surface area contributed by atoms with E-state index in [1.54, 1.807) is 6.33 Å². The lowest BCUT2D eigenvalue weighted by Crippen LogP contribution is -2.20. The van der Waals surface area contributed by atoms with Crippen LogP contribution in [0.5, 0.6) is 0 Å². The third-order valence-corrected chi connectivity index (χ3v) is 8.10. The molecule has 4 heteroatoms. The van der Waals surface area contributed by atoms with E-state index in [2.05, 4.69) is 82.1 Å². The van der Waals surface area contributed by atoms with E-state index in [1.165, 1.54) is 36.8 Å². The van der Waals surface area contributed by atoms with Crippen LogP contribution in [0.1, 0.15) is 83.0 Å². The first kappa shape index (κ1) is 23.1. The molecule has 36 heavy (non-hydrogen) atoms. The molecule has 2 aromatic carbocycles. The van der Waals surface area contributed by atoms with Crippen molar-refractivity contribution in [2.24, 2.45) is 5.41 Å². The fourth-order valence-electron chi connectivity index (χ4n) is 5.82. The van der Waals surface area contributed by atoms with Crippen molar-refractivity contribution in [3.63, 3.8) is 0 Å². The molecule has 6 rings (SSSR count). The predicted molar refractivity (Wildman–Crippen MR) is 148 cm³/mol. The summed E-state index contributed by atoms with van der Waals surface area (Å²) >= 11 is 0. The fourth-order valence-corrected chi connectivity index (χ4v) is 5.82. The molecule has 3 aromatic heterocycles. The molecule has 3 heterocycles. The number of furan rings is 1. The number of rotatable bonds is 2. The molecule has 184 valence electrons. The van der Waals surface area contributed by atoms with Crippen molar-refractivity contribution in [3.05, 3.63) is 65.6 Å². The van der Waals surface area contributed by atoms with Crippen molar-refractivity contribution in [3.8, 4) is 11.3 Å². The van der Waals surface area contributed by atoms with Crippen LogP contribution in [0.25, 0.3) is 44.2 Å². The molecule has 1 fully saturated rings. The van der Waals surface area contributed by atoms with E-state index in [0.717, 1.165) is 49.9 Å². The number of aryl methyl sites for hydroxylation is 1. The second-order valence-corrected chi connectivity index (χ2v) is 12.5. The highest BCUT2D eigenvalue weighted by atomic mass is 16.3. The molecule has 0 N–H and O–H groups in total. The first-order chi connectivity index (χ1) is 17.1. The monoisotopic (exact) mass is 477 g/mol. The highest BCUT2D eigenvalue weighted by Crippen LogP contribution is 2.44. The van der Waals surface area contributed by atoms with Gasteiger partial charge in [-0.1, -0.05) is 46.8 Å². The molecule has 0 aliphatic heterocycles. The van der Waals surface area contributed by atoms with Crippen LogP contribution in [-0.2, 0) is 5.41 Å². The Hall–Kier alpha value is -3.27. The van der Waals surface area contributed by atoms with Gasteiger partial charge in [-0.05, 0) is 90.8 Å². The molecule has 0 spiro atoms. The number of benzene rings is 2. The smallest absolute Gasteiger partial charge is 0.180 e. The number of pyridine rings is 1. The summed E-state index contributed by atoms with van der Waals surface area (Å²) in [4.78, 5) is 14.2. The van der Waals surface area contributed by atoms with Crippen molar-refractivity contribution in [1.29, 1.82) is 0 Å². The summed E-state index contributed by atoms with van der Waals surface area (Å²) in [6.45, 7) is 13.5. The molecule has 0 saturated heterocycles. The molecule has 0 atom stereocenters. The van der Waals surface area contributed by atoms with Crippen LogP contribution in [0.15, 0.2) is 53.2 Å². The SMILES string of the molecule is Cc1ccc2cc(-c3ncnc4c3oc3cc(C5CCC(C)(C)CC5)ccc34)cc(C(C)(C)C)c2n1. The number of fused-ring (bicyclic) bond motifs is 4. The number of hydrogen-bond donors (Lipinski definition) is 0. The zero-order valence-electron chi connectivity index (χ0n) is 22.3. The Morgan fingerprint density at radius 3 is 2.44 bits per heavy atom. The summed E-state index contributed by atoms with van der Waals surface area (Å²) in [6, 6.07) is 15.4. The lowest BCUT2D eigenvalue weighted by atomic mass is 9.71. The minimum atomic E-state index is -0.0570. The zero-order chi connectivity index (χ0) is 25.2. The van der Waals surface area contributed by atoms with Gasteiger partial charge in [0.25, 0.3) is 0 Å². The van der Waals surface area contributed by atoms with Crippen molar-refractivity contribution in [1.82, 2.24) is 15.0 Å². The lowest BCUT2D eigenvalue weighted by Gasteiger charge is -2.34. The van der Waals surface area contributed by atoms with E-state index in [-0.39, 0.29) is 5.41 Å². The van der Waals surface area contributed by atoms with Crippen LogP contribution in [0.2, 0.25) is 0 Å². The molecule has 0 bridgehead atoms. The van der Waals surface area contributed by atoms with Crippen LogP contribution >= 0.6 is 0 Å². The van der Waals surface area contributed by atoms with Gasteiger partial charge in [-0.15, -0.1) is 0 Å². The maximum atomic E-state index is 6.53. The molecular weight excluding hydrogens is 442 g/mol. The average Bonchev–Trinajstić information content (AvgIpc) is 3.20. The molecule has 0 radical (unpaired) electrons. The van der Waals surface area contributed by atoms with Gasteiger partial charge in [0.1, 0.15) is 23.1 Å². The standard InChI is InChI=1S/C32H35N3O/c1-19-7-8-22-15-23(16-25(27(22)35-19)31(2,3)4)28-30-29(34-18-33-28)24-10-9-21(17-26(24)36-30)20-11-13-32(5,6)14-12-20/h7-10,15-18,20H,11-14H2,1-6H3. The zero-order valence-corrected chi connectivity index (χ0v) is 22.3. The van der Waals surface area contributed by atoms with Crippen molar-refractivity contribution in [2.75, 3.05) is 0 Å². The Kier molecular flexibility index (Phi) is 5.22. The Bertz CT molecular complexity index is 1610. The Balaban J connectivity index is 1.50. The van der Waals surface area contributed by atoms with E-state index in [4.69, 9.17) is 14.4 Å². The minimum Gasteiger partial charge on any atom is -0.452 e. The normalized spacial score (nSPS) is 16.8. The molecular formula is C32H35N3O. The Morgan fingerprint density at radius 2 is 1.69 bits per heavy atom. The number of nitrogens with zero attached hydrogens (tertiary/aromatic N) is 3. The molecule has 0 unspecified atom stereocenters. The summed E-state index contributed by atoms with van der Waals surface area (Å²) in [6.07, 6.45) is 6.70. The van der Waals surface area contributed by atoms with Gasteiger partial charge >= 0.3 is 0 Å². The maximum absolute atomic E-state index is 6.53. The summed E-state index contributed by atoms with van der Waals surface area (Å²) in [5, 5.41) is 2.18. The highest BCUT2D eigenvalue weighted by Gasteiger charge is 2.28. The van der Waals surface area contributed by atoms with Crippen LogP contribution in [0.4, 0.5) is 0 Å². The summed E-state index contributed by atoms with van der Waals surface area (Å²) in [7, 11) is 0. The van der Waals surface area contributed by atoms with E-state index in [1.807, 2.05) is 6.92 Å². The van der Waals surface area contributed by atoms with Gasteiger partial charge in [0.05, 0.1) is 5.52 Å².